The Hall–Kier alpha value is -4.40. The van der Waals surface area contributed by atoms with E-state index in [0.29, 0.717) is 25.0 Å². The molecule has 3 aromatic heterocycles. The Labute approximate surface area is 256 Å². The second-order valence-electron chi connectivity index (χ2n) is 10.5. The third-order valence-corrected chi connectivity index (χ3v) is 10.2. The number of ether oxygens (including phenoxy) is 1. The van der Waals surface area contributed by atoms with Gasteiger partial charge in [-0.3, -0.25) is 9.78 Å². The molecule has 2 fully saturated rings. The van der Waals surface area contributed by atoms with E-state index in [1.807, 2.05) is 11.8 Å². The number of nitrogens with two attached hydrogens (primary N) is 1. The lowest BCUT2D eigenvalue weighted by atomic mass is 10.1. The number of aromatic nitrogens is 4. The highest BCUT2D eigenvalue weighted by Crippen LogP contribution is 2.38. The maximum absolute atomic E-state index is 15.1. The molecule has 5 heterocycles. The fourth-order valence-electron chi connectivity index (χ4n) is 5.46. The normalized spacial score (nSPS) is 17.5. The van der Waals surface area contributed by atoms with E-state index < -0.39 is 26.6 Å². The van der Waals surface area contributed by atoms with Crippen LogP contribution in [0, 0.1) is 5.82 Å². The molecule has 1 atom stereocenters. The number of hydrogen-bond acceptors (Lipinski definition) is 10. The minimum atomic E-state index is -3.95. The third kappa shape index (κ3) is 4.88. The highest BCUT2D eigenvalue weighted by molar-refractivity contribution is 7.92. The van der Waals surface area contributed by atoms with Crippen LogP contribution in [0.3, 0.4) is 0 Å². The quantitative estimate of drug-likeness (QED) is 0.246. The van der Waals surface area contributed by atoms with E-state index in [1.165, 1.54) is 48.8 Å². The molecule has 6 rings (SSSR count). The predicted molar refractivity (Wildman–Crippen MR) is 163 cm³/mol. The van der Waals surface area contributed by atoms with E-state index in [1.54, 1.807) is 4.90 Å². The molecular weight excluding hydrogens is 613 g/mol. The maximum atomic E-state index is 15.1. The van der Waals surface area contributed by atoms with Crippen molar-refractivity contribution in [3.05, 3.63) is 76.7 Å². The number of fused-ring (bicyclic) bond motifs is 1. The van der Waals surface area contributed by atoms with Crippen molar-refractivity contribution in [2.45, 2.75) is 23.1 Å². The molecule has 44 heavy (non-hydrogen) atoms. The van der Waals surface area contributed by atoms with Crippen molar-refractivity contribution >= 4 is 49.9 Å². The number of carbonyl (C=O) groups excluding carboxylic acids is 1. The molecular formula is C29H27ClFN7O5S. The van der Waals surface area contributed by atoms with E-state index in [9.17, 15) is 18.0 Å². The summed E-state index contributed by atoms with van der Waals surface area (Å²) in [7, 11) is -3.95. The van der Waals surface area contributed by atoms with Gasteiger partial charge in [0.1, 0.15) is 16.9 Å². The highest BCUT2D eigenvalue weighted by atomic mass is 35.5. The summed E-state index contributed by atoms with van der Waals surface area (Å²) < 4.78 is 48.4. The summed E-state index contributed by atoms with van der Waals surface area (Å²) in [5.74, 6) is -0.681. The highest BCUT2D eigenvalue weighted by Gasteiger charge is 2.37. The number of piperazine rings is 1. The van der Waals surface area contributed by atoms with Gasteiger partial charge in [-0.15, -0.1) is 0 Å². The molecule has 2 aliphatic rings. The van der Waals surface area contributed by atoms with E-state index in [-0.39, 0.29) is 69.2 Å². The topological polar surface area (TPSA) is 154 Å². The van der Waals surface area contributed by atoms with E-state index in [0.717, 1.165) is 4.57 Å². The summed E-state index contributed by atoms with van der Waals surface area (Å²) in [5, 5.41) is -0.478. The second kappa shape index (κ2) is 11.3. The largest absolute Gasteiger partial charge is 0.398 e. The summed E-state index contributed by atoms with van der Waals surface area (Å²) in [6.45, 7) is 6.44. The zero-order valence-electron chi connectivity index (χ0n) is 23.5. The summed E-state index contributed by atoms with van der Waals surface area (Å²) in [4.78, 5) is 42.7. The Kier molecular flexibility index (Phi) is 7.59. The molecule has 0 unspecified atom stereocenters. The standard InChI is InChI=1S/C29H27ClFN7O5S/c1-3-24(39)36-9-10-37(16(2)13-36)27-18-11-19(30)26(25-20(31)5-4-6-21(25)32)34-28(18)38(29(40)35-27)22-12-33-8-7-23(22)44(41,42)17-14-43-15-17/h3-8,11-12,16-17H,1,9-10,13-15,32H2,2H3/t16-/m0/s1. The first-order valence-corrected chi connectivity index (χ1v) is 15.6. The number of sulfone groups is 1. The smallest absolute Gasteiger partial charge is 0.355 e. The van der Waals surface area contributed by atoms with Gasteiger partial charge >= 0.3 is 5.69 Å². The van der Waals surface area contributed by atoms with Gasteiger partial charge in [-0.05, 0) is 37.3 Å². The molecule has 0 spiro atoms. The molecule has 4 aromatic rings. The van der Waals surface area contributed by atoms with Crippen molar-refractivity contribution in [2.24, 2.45) is 0 Å². The molecule has 2 N–H and O–H groups in total. The molecule has 2 saturated heterocycles. The SMILES string of the molecule is C=CC(=O)N1CCN(c2nc(=O)n(-c3cnccc3S(=O)(=O)C3COC3)c3nc(-c4c(N)cccc4F)c(Cl)cc23)[C@@H](C)C1. The number of nitrogens with zero attached hydrogens (tertiary/aromatic N) is 6. The first kappa shape index (κ1) is 29.7. The minimum Gasteiger partial charge on any atom is -0.398 e. The van der Waals surface area contributed by atoms with Gasteiger partial charge in [-0.1, -0.05) is 24.2 Å². The fraction of sp³-hybridized carbons (Fsp3) is 0.276. The van der Waals surface area contributed by atoms with Crippen LogP contribution in [0.1, 0.15) is 6.92 Å². The van der Waals surface area contributed by atoms with Crippen molar-refractivity contribution in [3.63, 3.8) is 0 Å². The molecule has 1 aromatic carbocycles. The van der Waals surface area contributed by atoms with Crippen LogP contribution < -0.4 is 16.3 Å². The van der Waals surface area contributed by atoms with Crippen molar-refractivity contribution in [2.75, 3.05) is 43.5 Å². The number of benzene rings is 1. The van der Waals surface area contributed by atoms with Crippen LogP contribution in [0.4, 0.5) is 15.9 Å². The lowest BCUT2D eigenvalue weighted by Gasteiger charge is -2.40. The average Bonchev–Trinajstić information content (AvgIpc) is 2.96. The first-order valence-electron chi connectivity index (χ1n) is 13.6. The molecule has 0 aliphatic carbocycles. The van der Waals surface area contributed by atoms with Crippen LogP contribution >= 0.6 is 11.6 Å². The Bertz CT molecular complexity index is 1980. The minimum absolute atomic E-state index is 0.0136. The van der Waals surface area contributed by atoms with E-state index >= 15 is 4.39 Å². The zero-order chi connectivity index (χ0) is 31.3. The predicted octanol–water partition coefficient (Wildman–Crippen LogP) is 2.61. The second-order valence-corrected chi connectivity index (χ2v) is 13.1. The van der Waals surface area contributed by atoms with Gasteiger partial charge < -0.3 is 20.3 Å². The average molecular weight is 640 g/mol. The molecule has 0 saturated carbocycles. The lowest BCUT2D eigenvalue weighted by molar-refractivity contribution is -0.126. The van der Waals surface area contributed by atoms with Gasteiger partial charge in [-0.25, -0.2) is 27.2 Å². The summed E-state index contributed by atoms with van der Waals surface area (Å²) in [6, 6.07) is 6.66. The Morgan fingerprint density at radius 1 is 1.23 bits per heavy atom. The molecule has 0 bridgehead atoms. The van der Waals surface area contributed by atoms with Gasteiger partial charge in [-0.2, -0.15) is 4.98 Å². The van der Waals surface area contributed by atoms with E-state index in [4.69, 9.17) is 22.1 Å². The zero-order valence-corrected chi connectivity index (χ0v) is 25.1. The van der Waals surface area contributed by atoms with Gasteiger partial charge in [0.15, 0.2) is 15.5 Å². The molecule has 0 radical (unpaired) electrons. The summed E-state index contributed by atoms with van der Waals surface area (Å²) in [6.07, 6.45) is 3.79. The maximum Gasteiger partial charge on any atom is 0.355 e. The van der Waals surface area contributed by atoms with Gasteiger partial charge in [0.2, 0.25) is 5.91 Å². The number of carbonyl (C=O) groups is 1. The van der Waals surface area contributed by atoms with Crippen molar-refractivity contribution in [3.8, 4) is 16.9 Å². The number of hydrogen-bond donors (Lipinski definition) is 1. The monoisotopic (exact) mass is 639 g/mol. The Morgan fingerprint density at radius 3 is 2.66 bits per heavy atom. The molecule has 15 heteroatoms. The van der Waals surface area contributed by atoms with Gasteiger partial charge in [0.05, 0.1) is 51.7 Å². The number of amides is 1. The summed E-state index contributed by atoms with van der Waals surface area (Å²) >= 11 is 6.72. The van der Waals surface area contributed by atoms with Crippen LogP contribution in [0.15, 0.2) is 65.1 Å². The molecule has 12 nitrogen and oxygen atoms in total. The van der Waals surface area contributed by atoms with Gasteiger partial charge in [0, 0.05) is 37.6 Å². The third-order valence-electron chi connectivity index (χ3n) is 7.82. The summed E-state index contributed by atoms with van der Waals surface area (Å²) in [5.41, 5.74) is 5.11. The van der Waals surface area contributed by atoms with Crippen LogP contribution in [-0.2, 0) is 19.4 Å². The van der Waals surface area contributed by atoms with Crippen LogP contribution in [-0.4, -0.2) is 82.9 Å². The molecule has 228 valence electrons. The Morgan fingerprint density at radius 2 is 2.00 bits per heavy atom. The van der Waals surface area contributed by atoms with Crippen molar-refractivity contribution in [1.29, 1.82) is 0 Å². The number of rotatable bonds is 6. The lowest BCUT2D eigenvalue weighted by Crippen LogP contribution is -2.54. The number of nitrogen functional groups attached to an aromatic ring is 1. The first-order chi connectivity index (χ1) is 21.0. The Balaban J connectivity index is 1.63. The van der Waals surface area contributed by atoms with E-state index in [2.05, 4.69) is 21.5 Å². The molecule has 1 amide bonds. The van der Waals surface area contributed by atoms with Crippen molar-refractivity contribution < 1.29 is 22.3 Å². The van der Waals surface area contributed by atoms with Crippen molar-refractivity contribution in [1.82, 2.24) is 24.4 Å². The number of pyridine rings is 2. The fourth-order valence-corrected chi connectivity index (χ4v) is 7.31. The number of anilines is 2. The van der Waals surface area contributed by atoms with Crippen LogP contribution in [0.2, 0.25) is 5.02 Å². The van der Waals surface area contributed by atoms with Crippen LogP contribution in [0.5, 0.6) is 0 Å². The van der Waals surface area contributed by atoms with Gasteiger partial charge in [0.25, 0.3) is 0 Å². The molecule has 2 aliphatic heterocycles. The van der Waals surface area contributed by atoms with Crippen LogP contribution in [0.25, 0.3) is 28.0 Å². The number of halogens is 2.